The molecule has 0 aromatic heterocycles. The van der Waals surface area contributed by atoms with Crippen LogP contribution in [0.3, 0.4) is 0 Å². The molecule has 0 heterocycles. The first-order valence-electron chi connectivity index (χ1n) is 4.87. The molecule has 0 aliphatic carbocycles. The molecule has 1 N–H and O–H groups in total. The van der Waals surface area contributed by atoms with Gasteiger partial charge in [-0.1, -0.05) is 46.4 Å². The van der Waals surface area contributed by atoms with Crippen LogP contribution in [0.5, 0.6) is 0 Å². The Kier molecular flexibility index (Phi) is 23.7. The molecule has 0 aromatic rings. The van der Waals surface area contributed by atoms with Gasteiger partial charge >= 0.3 is 0 Å². The SMILES string of the molecule is C=C/C=C(O)\C(C)=C/C.CC.CC. The van der Waals surface area contributed by atoms with Crippen LogP contribution in [0.2, 0.25) is 0 Å². The molecule has 0 aromatic carbocycles. The van der Waals surface area contributed by atoms with Crippen LogP contribution in [0.15, 0.2) is 36.1 Å². The molecule has 0 saturated heterocycles. The summed E-state index contributed by atoms with van der Waals surface area (Å²) in [6, 6.07) is 0. The number of allylic oxidation sites excluding steroid dienone is 4. The number of hydrogen-bond donors (Lipinski definition) is 1. The van der Waals surface area contributed by atoms with E-state index in [2.05, 4.69) is 6.58 Å². The topological polar surface area (TPSA) is 20.2 Å². The van der Waals surface area contributed by atoms with Crippen molar-refractivity contribution in [2.45, 2.75) is 41.5 Å². The van der Waals surface area contributed by atoms with Crippen LogP contribution in [-0.4, -0.2) is 5.11 Å². The summed E-state index contributed by atoms with van der Waals surface area (Å²) < 4.78 is 0. The zero-order valence-corrected chi connectivity index (χ0v) is 9.89. The first-order chi connectivity index (χ1) is 6.22. The van der Waals surface area contributed by atoms with Gasteiger partial charge in [0.15, 0.2) is 0 Å². The van der Waals surface area contributed by atoms with Crippen LogP contribution >= 0.6 is 0 Å². The normalized spacial score (nSPS) is 10.3. The molecule has 13 heavy (non-hydrogen) atoms. The molecule has 0 aliphatic heterocycles. The van der Waals surface area contributed by atoms with Gasteiger partial charge in [-0.15, -0.1) is 0 Å². The third kappa shape index (κ3) is 13.9. The lowest BCUT2D eigenvalue weighted by Gasteiger charge is -1.94. The Bertz CT molecular complexity index is 153. The summed E-state index contributed by atoms with van der Waals surface area (Å²) in [5.41, 5.74) is 0.870. The van der Waals surface area contributed by atoms with Crippen molar-refractivity contribution < 1.29 is 5.11 Å². The van der Waals surface area contributed by atoms with Crippen molar-refractivity contribution in [1.29, 1.82) is 0 Å². The summed E-state index contributed by atoms with van der Waals surface area (Å²) in [5.74, 6) is 0.285. The third-order valence-corrected chi connectivity index (χ3v) is 1.11. The highest BCUT2D eigenvalue weighted by atomic mass is 16.3. The van der Waals surface area contributed by atoms with Crippen LogP contribution in [0.1, 0.15) is 41.5 Å². The van der Waals surface area contributed by atoms with Gasteiger partial charge in [-0.25, -0.2) is 0 Å². The lowest BCUT2D eigenvalue weighted by atomic mass is 10.2. The van der Waals surface area contributed by atoms with Crippen LogP contribution in [0, 0.1) is 0 Å². The minimum absolute atomic E-state index is 0.285. The molecule has 0 fully saturated rings. The van der Waals surface area contributed by atoms with Crippen LogP contribution in [-0.2, 0) is 0 Å². The zero-order chi connectivity index (χ0) is 11.3. The highest BCUT2D eigenvalue weighted by Gasteiger charge is 1.89. The maximum Gasteiger partial charge on any atom is 0.118 e. The lowest BCUT2D eigenvalue weighted by molar-refractivity contribution is 0.423. The van der Waals surface area contributed by atoms with Gasteiger partial charge in [0.25, 0.3) is 0 Å². The molecule has 0 bridgehead atoms. The number of rotatable bonds is 2. The van der Waals surface area contributed by atoms with E-state index >= 15 is 0 Å². The van der Waals surface area contributed by atoms with E-state index in [9.17, 15) is 0 Å². The fraction of sp³-hybridized carbons (Fsp3) is 0.500. The van der Waals surface area contributed by atoms with Gasteiger partial charge in [0.2, 0.25) is 0 Å². The van der Waals surface area contributed by atoms with E-state index < -0.39 is 0 Å². The summed E-state index contributed by atoms with van der Waals surface area (Å²) in [7, 11) is 0. The van der Waals surface area contributed by atoms with Gasteiger partial charge in [0, 0.05) is 0 Å². The van der Waals surface area contributed by atoms with E-state index in [-0.39, 0.29) is 5.76 Å². The highest BCUT2D eigenvalue weighted by Crippen LogP contribution is 2.03. The molecule has 0 saturated carbocycles. The molecule has 0 radical (unpaired) electrons. The first kappa shape index (κ1) is 17.9. The largest absolute Gasteiger partial charge is 0.508 e. The number of aliphatic hydroxyl groups excluding tert-OH is 1. The number of hydrogen-bond acceptors (Lipinski definition) is 1. The molecule has 1 nitrogen and oxygen atoms in total. The second kappa shape index (κ2) is 17.2. The Morgan fingerprint density at radius 1 is 1.15 bits per heavy atom. The van der Waals surface area contributed by atoms with Crippen LogP contribution < -0.4 is 0 Å². The van der Waals surface area contributed by atoms with Crippen molar-refractivity contribution in [3.63, 3.8) is 0 Å². The monoisotopic (exact) mass is 184 g/mol. The molecule has 1 heteroatoms. The van der Waals surface area contributed by atoms with E-state index in [0.29, 0.717) is 0 Å². The Labute approximate surface area is 83.5 Å². The molecule has 0 atom stereocenters. The molecule has 0 spiro atoms. The maximum atomic E-state index is 9.04. The summed E-state index contributed by atoms with van der Waals surface area (Å²) >= 11 is 0. The van der Waals surface area contributed by atoms with Gasteiger partial charge in [-0.3, -0.25) is 0 Å². The highest BCUT2D eigenvalue weighted by molar-refractivity contribution is 5.24. The second-order valence-corrected chi connectivity index (χ2v) is 1.76. The molecular weight excluding hydrogens is 160 g/mol. The molecular formula is C12H24O. The molecule has 0 amide bonds. The summed E-state index contributed by atoms with van der Waals surface area (Å²) in [4.78, 5) is 0. The van der Waals surface area contributed by atoms with Gasteiger partial charge in [-0.2, -0.15) is 0 Å². The van der Waals surface area contributed by atoms with E-state index in [1.807, 2.05) is 47.6 Å². The Balaban J connectivity index is -0.000000218. The predicted octanol–water partition coefficient (Wildman–Crippen LogP) is 4.63. The standard InChI is InChI=1S/C8H12O.2C2H6/c1-4-6-8(9)7(3)5-2;2*1-2/h4-6,9H,1H2,2-3H3;2*1-2H3/b7-5-,8-6+;;. The van der Waals surface area contributed by atoms with E-state index in [4.69, 9.17) is 5.11 Å². The minimum Gasteiger partial charge on any atom is -0.508 e. The smallest absolute Gasteiger partial charge is 0.118 e. The van der Waals surface area contributed by atoms with Gasteiger partial charge in [-0.05, 0) is 25.5 Å². The van der Waals surface area contributed by atoms with Crippen molar-refractivity contribution >= 4 is 0 Å². The molecule has 0 aliphatic rings. The lowest BCUT2D eigenvalue weighted by Crippen LogP contribution is -1.79. The van der Waals surface area contributed by atoms with Crippen molar-refractivity contribution in [3.8, 4) is 0 Å². The second-order valence-electron chi connectivity index (χ2n) is 1.76. The number of aliphatic hydroxyl groups is 1. The van der Waals surface area contributed by atoms with Crippen molar-refractivity contribution in [2.75, 3.05) is 0 Å². The predicted molar refractivity (Wildman–Crippen MR) is 63.0 cm³/mol. The minimum atomic E-state index is 0.285. The van der Waals surface area contributed by atoms with Crippen molar-refractivity contribution in [1.82, 2.24) is 0 Å². The Hall–Kier alpha value is -0.980. The molecule has 78 valence electrons. The van der Waals surface area contributed by atoms with Crippen molar-refractivity contribution in [3.05, 3.63) is 36.1 Å². The summed E-state index contributed by atoms with van der Waals surface area (Å²) in [6.07, 6.45) is 4.97. The van der Waals surface area contributed by atoms with Crippen molar-refractivity contribution in [2.24, 2.45) is 0 Å². The Morgan fingerprint density at radius 3 is 1.77 bits per heavy atom. The summed E-state index contributed by atoms with van der Waals surface area (Å²) in [6.45, 7) is 15.2. The van der Waals surface area contributed by atoms with E-state index in [0.717, 1.165) is 5.57 Å². The first-order valence-corrected chi connectivity index (χ1v) is 4.87. The molecule has 0 unspecified atom stereocenters. The summed E-state index contributed by atoms with van der Waals surface area (Å²) in [5, 5.41) is 9.04. The van der Waals surface area contributed by atoms with E-state index in [1.165, 1.54) is 0 Å². The third-order valence-electron chi connectivity index (χ3n) is 1.11. The average molecular weight is 184 g/mol. The molecule has 0 rings (SSSR count). The van der Waals surface area contributed by atoms with Crippen LogP contribution in [0.4, 0.5) is 0 Å². The van der Waals surface area contributed by atoms with Gasteiger partial charge < -0.3 is 5.11 Å². The fourth-order valence-electron chi connectivity index (χ4n) is 0.391. The van der Waals surface area contributed by atoms with Gasteiger partial charge in [0.05, 0.1) is 0 Å². The quantitative estimate of drug-likeness (QED) is 0.490. The van der Waals surface area contributed by atoms with Crippen LogP contribution in [0.25, 0.3) is 0 Å². The maximum absolute atomic E-state index is 9.04. The van der Waals surface area contributed by atoms with Gasteiger partial charge in [0.1, 0.15) is 5.76 Å². The zero-order valence-electron chi connectivity index (χ0n) is 9.89. The van der Waals surface area contributed by atoms with E-state index in [1.54, 1.807) is 12.2 Å². The Morgan fingerprint density at radius 2 is 1.54 bits per heavy atom. The average Bonchev–Trinajstić information content (AvgIpc) is 2.23. The fourth-order valence-corrected chi connectivity index (χ4v) is 0.391.